The summed E-state index contributed by atoms with van der Waals surface area (Å²) >= 11 is 0. The minimum atomic E-state index is -0.0537. The quantitative estimate of drug-likeness (QED) is 0.722. The van der Waals surface area contributed by atoms with Crippen LogP contribution in [0.5, 0.6) is 0 Å². The van der Waals surface area contributed by atoms with E-state index in [0.29, 0.717) is 6.42 Å². The van der Waals surface area contributed by atoms with Gasteiger partial charge in [-0.15, -0.1) is 0 Å². The van der Waals surface area contributed by atoms with Crippen LogP contribution < -0.4 is 0 Å². The van der Waals surface area contributed by atoms with Crippen LogP contribution in [-0.4, -0.2) is 28.5 Å². The standard InChI is InChI=1S/C11H14N2O2/c1-7-4-13-9(5-12-7)3-10-8(2)15-6-11(10)14/h4-5,8,10H,3,6H2,1-2H3. The van der Waals surface area contributed by atoms with Crippen molar-refractivity contribution < 1.29 is 9.53 Å². The summed E-state index contributed by atoms with van der Waals surface area (Å²) in [6, 6.07) is 0. The molecule has 4 nitrogen and oxygen atoms in total. The minimum Gasteiger partial charge on any atom is -0.370 e. The number of carbonyl (C=O) groups excluding carboxylic acids is 1. The van der Waals surface area contributed by atoms with Gasteiger partial charge in [-0.25, -0.2) is 0 Å². The van der Waals surface area contributed by atoms with Crippen LogP contribution in [0, 0.1) is 12.8 Å². The van der Waals surface area contributed by atoms with Crippen LogP contribution >= 0.6 is 0 Å². The summed E-state index contributed by atoms with van der Waals surface area (Å²) in [5.41, 5.74) is 1.75. The van der Waals surface area contributed by atoms with Crippen molar-refractivity contribution >= 4 is 5.78 Å². The molecule has 0 spiro atoms. The number of Topliss-reactive ketones (excluding diaryl/α,β-unsaturated/α-hetero) is 1. The fourth-order valence-corrected chi connectivity index (χ4v) is 1.73. The van der Waals surface area contributed by atoms with E-state index in [9.17, 15) is 4.79 Å². The molecule has 0 aliphatic carbocycles. The number of ketones is 1. The third kappa shape index (κ3) is 2.21. The molecule has 1 saturated heterocycles. The van der Waals surface area contributed by atoms with Gasteiger partial charge in [0.25, 0.3) is 0 Å². The largest absolute Gasteiger partial charge is 0.370 e. The Morgan fingerprint density at radius 2 is 2.27 bits per heavy atom. The molecule has 0 N–H and O–H groups in total. The van der Waals surface area contributed by atoms with E-state index >= 15 is 0 Å². The Morgan fingerprint density at radius 3 is 2.80 bits per heavy atom. The maximum Gasteiger partial charge on any atom is 0.164 e. The van der Waals surface area contributed by atoms with Crippen LogP contribution in [0.15, 0.2) is 12.4 Å². The summed E-state index contributed by atoms with van der Waals surface area (Å²) in [7, 11) is 0. The minimum absolute atomic E-state index is 0.000558. The highest BCUT2D eigenvalue weighted by Gasteiger charge is 2.32. The van der Waals surface area contributed by atoms with E-state index in [1.165, 1.54) is 0 Å². The SMILES string of the molecule is Cc1cnc(CC2C(=O)COC2C)cn1. The van der Waals surface area contributed by atoms with E-state index in [0.717, 1.165) is 11.4 Å². The maximum atomic E-state index is 11.5. The molecule has 0 aromatic carbocycles. The molecule has 2 rings (SSSR count). The number of carbonyl (C=O) groups is 1. The van der Waals surface area contributed by atoms with Crippen molar-refractivity contribution in [2.75, 3.05) is 6.61 Å². The highest BCUT2D eigenvalue weighted by Crippen LogP contribution is 2.20. The van der Waals surface area contributed by atoms with Gasteiger partial charge in [-0.3, -0.25) is 14.8 Å². The Morgan fingerprint density at radius 1 is 1.47 bits per heavy atom. The van der Waals surface area contributed by atoms with Crippen LogP contribution in [0.4, 0.5) is 0 Å². The zero-order valence-electron chi connectivity index (χ0n) is 8.93. The highest BCUT2D eigenvalue weighted by molar-refractivity contribution is 5.84. The van der Waals surface area contributed by atoms with Crippen molar-refractivity contribution in [1.29, 1.82) is 0 Å². The third-order valence-electron chi connectivity index (χ3n) is 2.73. The van der Waals surface area contributed by atoms with Gasteiger partial charge in [0, 0.05) is 18.8 Å². The van der Waals surface area contributed by atoms with Crippen LogP contribution in [-0.2, 0) is 16.0 Å². The van der Waals surface area contributed by atoms with Gasteiger partial charge >= 0.3 is 0 Å². The topological polar surface area (TPSA) is 52.1 Å². The first-order chi connectivity index (χ1) is 7.16. The number of aryl methyl sites for hydroxylation is 1. The molecular formula is C11H14N2O2. The lowest BCUT2D eigenvalue weighted by Crippen LogP contribution is -2.20. The molecule has 1 aliphatic heterocycles. The molecule has 15 heavy (non-hydrogen) atoms. The van der Waals surface area contributed by atoms with E-state index < -0.39 is 0 Å². The van der Waals surface area contributed by atoms with Crippen LogP contribution in [0.3, 0.4) is 0 Å². The molecule has 2 heterocycles. The smallest absolute Gasteiger partial charge is 0.164 e. The summed E-state index contributed by atoms with van der Waals surface area (Å²) in [5, 5.41) is 0. The monoisotopic (exact) mass is 206 g/mol. The second-order valence-corrected chi connectivity index (χ2v) is 3.94. The summed E-state index contributed by atoms with van der Waals surface area (Å²) in [4.78, 5) is 19.9. The summed E-state index contributed by atoms with van der Waals surface area (Å²) in [6.45, 7) is 4.06. The Kier molecular flexibility index (Phi) is 2.77. The maximum absolute atomic E-state index is 11.5. The Hall–Kier alpha value is -1.29. The van der Waals surface area contributed by atoms with Crippen molar-refractivity contribution in [3.8, 4) is 0 Å². The predicted molar refractivity (Wildman–Crippen MR) is 54.4 cm³/mol. The van der Waals surface area contributed by atoms with Gasteiger partial charge in [-0.1, -0.05) is 0 Å². The molecule has 2 atom stereocenters. The number of rotatable bonds is 2. The lowest BCUT2D eigenvalue weighted by atomic mass is 9.96. The number of ether oxygens (including phenoxy) is 1. The Labute approximate surface area is 88.7 Å². The lowest BCUT2D eigenvalue weighted by Gasteiger charge is -2.11. The van der Waals surface area contributed by atoms with Gasteiger partial charge in [0.15, 0.2) is 5.78 Å². The summed E-state index contributed by atoms with van der Waals surface area (Å²) < 4.78 is 5.28. The van der Waals surface area contributed by atoms with Gasteiger partial charge in [0.1, 0.15) is 6.61 Å². The van der Waals surface area contributed by atoms with Crippen molar-refractivity contribution in [3.63, 3.8) is 0 Å². The first-order valence-electron chi connectivity index (χ1n) is 5.08. The molecule has 0 bridgehead atoms. The molecule has 1 aliphatic rings. The van der Waals surface area contributed by atoms with Crippen LogP contribution in [0.1, 0.15) is 18.3 Å². The van der Waals surface area contributed by atoms with Crippen molar-refractivity contribution in [1.82, 2.24) is 9.97 Å². The predicted octanol–water partition coefficient (Wildman–Crippen LogP) is 0.932. The molecule has 0 saturated carbocycles. The Bertz CT molecular complexity index is 361. The molecule has 0 radical (unpaired) electrons. The van der Waals surface area contributed by atoms with Crippen LogP contribution in [0.25, 0.3) is 0 Å². The Balaban J connectivity index is 2.08. The van der Waals surface area contributed by atoms with Gasteiger partial charge in [-0.05, 0) is 13.8 Å². The molecule has 1 aromatic heterocycles. The van der Waals surface area contributed by atoms with Crippen LogP contribution in [0.2, 0.25) is 0 Å². The highest BCUT2D eigenvalue weighted by atomic mass is 16.5. The molecule has 4 heteroatoms. The first-order valence-corrected chi connectivity index (χ1v) is 5.08. The second-order valence-electron chi connectivity index (χ2n) is 3.94. The van der Waals surface area contributed by atoms with E-state index in [1.54, 1.807) is 12.4 Å². The van der Waals surface area contributed by atoms with Gasteiger partial charge in [-0.2, -0.15) is 0 Å². The van der Waals surface area contributed by atoms with E-state index in [2.05, 4.69) is 9.97 Å². The fourth-order valence-electron chi connectivity index (χ4n) is 1.73. The number of hydrogen-bond acceptors (Lipinski definition) is 4. The zero-order chi connectivity index (χ0) is 10.8. The first kappa shape index (κ1) is 10.2. The van der Waals surface area contributed by atoms with Gasteiger partial charge in [0.05, 0.1) is 23.4 Å². The third-order valence-corrected chi connectivity index (χ3v) is 2.73. The average molecular weight is 206 g/mol. The molecule has 0 amide bonds. The molecule has 1 aromatic rings. The number of hydrogen-bond donors (Lipinski definition) is 0. The van der Waals surface area contributed by atoms with E-state index in [4.69, 9.17) is 4.74 Å². The van der Waals surface area contributed by atoms with Crippen molar-refractivity contribution in [3.05, 3.63) is 23.8 Å². The van der Waals surface area contributed by atoms with E-state index in [-0.39, 0.29) is 24.4 Å². The van der Waals surface area contributed by atoms with Crippen molar-refractivity contribution in [2.45, 2.75) is 26.4 Å². The van der Waals surface area contributed by atoms with Gasteiger partial charge < -0.3 is 4.74 Å². The normalized spacial score (nSPS) is 25.9. The van der Waals surface area contributed by atoms with Crippen molar-refractivity contribution in [2.24, 2.45) is 5.92 Å². The molecule has 1 fully saturated rings. The average Bonchev–Trinajstić information content (AvgIpc) is 2.53. The van der Waals surface area contributed by atoms with E-state index in [1.807, 2.05) is 13.8 Å². The second kappa shape index (κ2) is 4.06. The number of nitrogens with zero attached hydrogens (tertiary/aromatic N) is 2. The lowest BCUT2D eigenvalue weighted by molar-refractivity contribution is -0.120. The molecular weight excluding hydrogens is 192 g/mol. The summed E-state index contributed by atoms with van der Waals surface area (Å²) in [5.74, 6) is 0.117. The molecule has 2 unspecified atom stereocenters. The van der Waals surface area contributed by atoms with Gasteiger partial charge in [0.2, 0.25) is 0 Å². The number of aromatic nitrogens is 2. The fraction of sp³-hybridized carbons (Fsp3) is 0.545. The molecule has 80 valence electrons. The zero-order valence-corrected chi connectivity index (χ0v) is 8.93. The summed E-state index contributed by atoms with van der Waals surface area (Å²) in [6.07, 6.45) is 4.09.